The van der Waals surface area contributed by atoms with E-state index in [0.717, 1.165) is 43.6 Å². The molecule has 1 heterocycles. The first-order valence-electron chi connectivity index (χ1n) is 8.83. The van der Waals surface area contributed by atoms with E-state index in [4.69, 9.17) is 0 Å². The Morgan fingerprint density at radius 2 is 1.68 bits per heavy atom. The van der Waals surface area contributed by atoms with Crippen molar-refractivity contribution < 1.29 is 18.0 Å². The summed E-state index contributed by atoms with van der Waals surface area (Å²) in [5.41, 5.74) is -0.374. The topological polar surface area (TPSA) is 57.8 Å². The van der Waals surface area contributed by atoms with Gasteiger partial charge in [0.1, 0.15) is 5.52 Å². The predicted molar refractivity (Wildman–Crippen MR) is 84.3 cm³/mol. The second-order valence-corrected chi connectivity index (χ2v) is 7.90. The molecule has 7 heteroatoms. The zero-order valence-corrected chi connectivity index (χ0v) is 13.5. The number of hydrogen-bond acceptors (Lipinski definition) is 2. The molecule has 6 rings (SSSR count). The molecule has 4 aliphatic rings. The second kappa shape index (κ2) is 5.22. The SMILES string of the molecule is O=C(NC1C2CC3CC(C2)CC1C3)c1nc2c(F)c(F)c(F)cc2[nH]1. The van der Waals surface area contributed by atoms with Gasteiger partial charge in [-0.15, -0.1) is 0 Å². The van der Waals surface area contributed by atoms with Crippen molar-refractivity contribution in [1.82, 2.24) is 15.3 Å². The zero-order valence-electron chi connectivity index (χ0n) is 13.5. The summed E-state index contributed by atoms with van der Waals surface area (Å²) in [5, 5.41) is 3.05. The number of carbonyl (C=O) groups excluding carboxylic acids is 1. The molecular weight excluding hydrogens is 331 g/mol. The number of nitrogens with one attached hydrogen (secondary N) is 2. The van der Waals surface area contributed by atoms with Gasteiger partial charge in [-0.1, -0.05) is 0 Å². The van der Waals surface area contributed by atoms with E-state index in [1.54, 1.807) is 0 Å². The van der Waals surface area contributed by atoms with Gasteiger partial charge in [0.25, 0.3) is 5.91 Å². The Hall–Kier alpha value is -2.05. The molecule has 1 aromatic carbocycles. The highest BCUT2D eigenvalue weighted by atomic mass is 19.2. The van der Waals surface area contributed by atoms with E-state index in [2.05, 4.69) is 15.3 Å². The molecule has 4 fully saturated rings. The third-order valence-electron chi connectivity index (χ3n) is 6.35. The first-order chi connectivity index (χ1) is 12.0. The van der Waals surface area contributed by atoms with Crippen LogP contribution in [0.25, 0.3) is 11.0 Å². The van der Waals surface area contributed by atoms with Gasteiger partial charge in [0.05, 0.1) is 5.52 Å². The van der Waals surface area contributed by atoms with E-state index in [0.29, 0.717) is 11.8 Å². The number of benzene rings is 1. The number of amides is 1. The lowest BCUT2D eigenvalue weighted by molar-refractivity contribution is -0.0120. The number of H-pyrrole nitrogens is 1. The lowest BCUT2D eigenvalue weighted by Crippen LogP contribution is -2.55. The molecule has 4 bridgehead atoms. The van der Waals surface area contributed by atoms with Crippen molar-refractivity contribution in [1.29, 1.82) is 0 Å². The maximum Gasteiger partial charge on any atom is 0.287 e. The quantitative estimate of drug-likeness (QED) is 0.815. The van der Waals surface area contributed by atoms with Crippen molar-refractivity contribution in [2.45, 2.75) is 38.1 Å². The van der Waals surface area contributed by atoms with Gasteiger partial charge >= 0.3 is 0 Å². The Morgan fingerprint density at radius 3 is 2.32 bits per heavy atom. The molecule has 2 N–H and O–H groups in total. The van der Waals surface area contributed by atoms with Crippen LogP contribution in [0.15, 0.2) is 6.07 Å². The van der Waals surface area contributed by atoms with Gasteiger partial charge in [-0.3, -0.25) is 4.79 Å². The number of aromatic amines is 1. The summed E-state index contributed by atoms with van der Waals surface area (Å²) in [6, 6.07) is 0.937. The summed E-state index contributed by atoms with van der Waals surface area (Å²) < 4.78 is 40.5. The van der Waals surface area contributed by atoms with Crippen LogP contribution in [0.3, 0.4) is 0 Å². The van der Waals surface area contributed by atoms with E-state index in [1.807, 2.05) is 0 Å². The Labute approximate surface area is 142 Å². The van der Waals surface area contributed by atoms with Gasteiger partial charge < -0.3 is 10.3 Å². The van der Waals surface area contributed by atoms with E-state index < -0.39 is 23.4 Å². The maximum atomic E-state index is 13.8. The average Bonchev–Trinajstić information content (AvgIpc) is 2.99. The van der Waals surface area contributed by atoms with E-state index in [-0.39, 0.29) is 22.9 Å². The molecule has 4 aliphatic carbocycles. The molecule has 1 aromatic heterocycles. The predicted octanol–water partition coefficient (Wildman–Crippen LogP) is 3.53. The smallest absolute Gasteiger partial charge is 0.287 e. The maximum absolute atomic E-state index is 13.8. The molecule has 0 unspecified atom stereocenters. The fourth-order valence-corrected chi connectivity index (χ4v) is 5.55. The summed E-state index contributed by atoms with van der Waals surface area (Å²) >= 11 is 0. The molecule has 0 atom stereocenters. The van der Waals surface area contributed by atoms with Gasteiger partial charge in [0.2, 0.25) is 0 Å². The minimum atomic E-state index is -1.58. The number of rotatable bonds is 2. The summed E-state index contributed by atoms with van der Waals surface area (Å²) in [4.78, 5) is 19.0. The van der Waals surface area contributed by atoms with Crippen molar-refractivity contribution in [3.8, 4) is 0 Å². The van der Waals surface area contributed by atoms with Crippen LogP contribution in [0.2, 0.25) is 0 Å². The normalized spacial score (nSPS) is 33.2. The van der Waals surface area contributed by atoms with Gasteiger partial charge in [0.15, 0.2) is 23.3 Å². The van der Waals surface area contributed by atoms with Crippen molar-refractivity contribution >= 4 is 16.9 Å². The summed E-state index contributed by atoms with van der Waals surface area (Å²) in [7, 11) is 0. The highest BCUT2D eigenvalue weighted by Crippen LogP contribution is 2.53. The van der Waals surface area contributed by atoms with Crippen LogP contribution in [0.5, 0.6) is 0 Å². The largest absolute Gasteiger partial charge is 0.346 e. The average molecular weight is 349 g/mol. The van der Waals surface area contributed by atoms with E-state index in [1.165, 1.54) is 6.42 Å². The Morgan fingerprint density at radius 1 is 1.04 bits per heavy atom. The number of aromatic nitrogens is 2. The number of hydrogen-bond donors (Lipinski definition) is 2. The molecule has 4 saturated carbocycles. The third kappa shape index (κ3) is 2.28. The van der Waals surface area contributed by atoms with Crippen LogP contribution in [0, 0.1) is 41.1 Å². The van der Waals surface area contributed by atoms with Crippen LogP contribution in [0.1, 0.15) is 42.7 Å². The molecule has 25 heavy (non-hydrogen) atoms. The van der Waals surface area contributed by atoms with Crippen LogP contribution in [-0.4, -0.2) is 21.9 Å². The van der Waals surface area contributed by atoms with Gasteiger partial charge in [-0.2, -0.15) is 0 Å². The minimum absolute atomic E-state index is 0.0216. The molecule has 4 nitrogen and oxygen atoms in total. The molecule has 0 spiro atoms. The van der Waals surface area contributed by atoms with Crippen LogP contribution in [0.4, 0.5) is 13.2 Å². The molecular formula is C18H18F3N3O. The van der Waals surface area contributed by atoms with Crippen LogP contribution in [-0.2, 0) is 0 Å². The van der Waals surface area contributed by atoms with Gasteiger partial charge in [-0.25, -0.2) is 18.2 Å². The lowest BCUT2D eigenvalue weighted by atomic mass is 9.54. The van der Waals surface area contributed by atoms with Crippen LogP contribution >= 0.6 is 0 Å². The number of nitrogens with zero attached hydrogens (tertiary/aromatic N) is 1. The Kier molecular flexibility index (Phi) is 3.18. The first kappa shape index (κ1) is 15.2. The van der Waals surface area contributed by atoms with Crippen molar-refractivity contribution in [2.75, 3.05) is 0 Å². The summed E-state index contributed by atoms with van der Waals surface area (Å²) in [6.07, 6.45) is 5.95. The highest BCUT2D eigenvalue weighted by Gasteiger charge is 2.48. The van der Waals surface area contributed by atoms with Crippen molar-refractivity contribution in [2.24, 2.45) is 23.7 Å². The van der Waals surface area contributed by atoms with Gasteiger partial charge in [0, 0.05) is 12.1 Å². The molecule has 0 aliphatic heterocycles. The second-order valence-electron chi connectivity index (χ2n) is 7.90. The minimum Gasteiger partial charge on any atom is -0.346 e. The summed E-state index contributed by atoms with van der Waals surface area (Å²) in [6.45, 7) is 0. The fraction of sp³-hybridized carbons (Fsp3) is 0.556. The van der Waals surface area contributed by atoms with Crippen molar-refractivity contribution in [3.63, 3.8) is 0 Å². The first-order valence-corrected chi connectivity index (χ1v) is 8.83. The van der Waals surface area contributed by atoms with Crippen LogP contribution < -0.4 is 5.32 Å². The molecule has 0 radical (unpaired) electrons. The number of fused-ring (bicyclic) bond motifs is 1. The Balaban J connectivity index is 1.41. The third-order valence-corrected chi connectivity index (χ3v) is 6.35. The van der Waals surface area contributed by atoms with E-state index in [9.17, 15) is 18.0 Å². The molecule has 132 valence electrons. The van der Waals surface area contributed by atoms with E-state index >= 15 is 0 Å². The highest BCUT2D eigenvalue weighted by molar-refractivity contribution is 5.94. The zero-order chi connectivity index (χ0) is 17.3. The molecule has 1 amide bonds. The van der Waals surface area contributed by atoms with Crippen molar-refractivity contribution in [3.05, 3.63) is 29.3 Å². The lowest BCUT2D eigenvalue weighted by Gasteiger charge is -2.54. The molecule has 2 aromatic rings. The number of carbonyl (C=O) groups is 1. The Bertz CT molecular complexity index is 850. The fourth-order valence-electron chi connectivity index (χ4n) is 5.55. The van der Waals surface area contributed by atoms with Gasteiger partial charge in [-0.05, 0) is 55.8 Å². The molecule has 0 saturated heterocycles. The monoisotopic (exact) mass is 349 g/mol. The standard InChI is InChI=1S/C18H18F3N3O/c19-11-6-12-16(14(21)13(11)20)23-17(22-12)18(25)24-15-9-2-7-1-8(4-9)5-10(15)3-7/h6-10,15H,1-5H2,(H,22,23)(H,24,25). The summed E-state index contributed by atoms with van der Waals surface area (Å²) in [5.74, 6) is -2.22. The number of halogens is 3. The number of imidazole rings is 1.